The predicted molar refractivity (Wildman–Crippen MR) is 62.2 cm³/mol. The standard InChI is InChI=1S/C11H15NO8/c1-2-12-5-3-4-10(6(13)14,7(15)16)11(12,8(17)18)9(19)20/h2-5H2,1H3,(H,13,14)(H,15,16)(H,17,18)(H,19,20). The Morgan fingerprint density at radius 1 is 0.950 bits per heavy atom. The molecule has 0 atom stereocenters. The number of hydrogen-bond donors (Lipinski definition) is 4. The summed E-state index contributed by atoms with van der Waals surface area (Å²) in [6, 6.07) is 0. The maximum atomic E-state index is 11.6. The largest absolute Gasteiger partial charge is 0.480 e. The lowest BCUT2D eigenvalue weighted by Gasteiger charge is -2.48. The number of rotatable bonds is 5. The summed E-state index contributed by atoms with van der Waals surface area (Å²) in [4.78, 5) is 46.9. The van der Waals surface area contributed by atoms with Crippen molar-refractivity contribution in [1.29, 1.82) is 0 Å². The van der Waals surface area contributed by atoms with Gasteiger partial charge in [-0.3, -0.25) is 14.5 Å². The Morgan fingerprint density at radius 2 is 1.40 bits per heavy atom. The fourth-order valence-corrected chi connectivity index (χ4v) is 2.89. The smallest absolute Gasteiger partial charge is 0.337 e. The normalized spacial score (nSPS) is 21.1. The van der Waals surface area contributed by atoms with Crippen molar-refractivity contribution in [3.63, 3.8) is 0 Å². The average Bonchev–Trinajstić information content (AvgIpc) is 2.35. The molecule has 9 nitrogen and oxygen atoms in total. The quantitative estimate of drug-likeness (QED) is 0.475. The van der Waals surface area contributed by atoms with Crippen molar-refractivity contribution in [3.05, 3.63) is 0 Å². The van der Waals surface area contributed by atoms with Gasteiger partial charge in [-0.1, -0.05) is 6.92 Å². The SMILES string of the molecule is CCN1CCCC(C(=O)O)(C(=O)O)C1(C(=O)O)C(=O)O. The van der Waals surface area contributed by atoms with E-state index in [1.807, 2.05) is 0 Å². The third kappa shape index (κ3) is 1.66. The molecule has 0 aliphatic carbocycles. The van der Waals surface area contributed by atoms with Crippen LogP contribution in [0.1, 0.15) is 19.8 Å². The zero-order chi connectivity index (χ0) is 15.7. The Hall–Kier alpha value is -2.16. The molecule has 0 aromatic carbocycles. The lowest BCUT2D eigenvalue weighted by atomic mass is 9.63. The van der Waals surface area contributed by atoms with E-state index in [4.69, 9.17) is 0 Å². The molecule has 9 heteroatoms. The number of likely N-dealkylation sites (tertiary alicyclic amines) is 1. The van der Waals surface area contributed by atoms with Crippen LogP contribution >= 0.6 is 0 Å². The molecule has 20 heavy (non-hydrogen) atoms. The third-order valence-electron chi connectivity index (χ3n) is 3.80. The van der Waals surface area contributed by atoms with Crippen LogP contribution in [0.15, 0.2) is 0 Å². The lowest BCUT2D eigenvalue weighted by Crippen LogP contribution is -2.76. The molecule has 1 saturated heterocycles. The predicted octanol–water partition coefficient (Wildman–Crippen LogP) is -0.834. The lowest BCUT2D eigenvalue weighted by molar-refractivity contribution is -0.204. The van der Waals surface area contributed by atoms with E-state index in [9.17, 15) is 39.6 Å². The number of likely N-dealkylation sites (N-methyl/N-ethyl adjacent to an activating group) is 1. The number of carboxylic acid groups (broad SMARTS) is 4. The van der Waals surface area contributed by atoms with Crippen molar-refractivity contribution in [2.24, 2.45) is 5.41 Å². The summed E-state index contributed by atoms with van der Waals surface area (Å²) < 4.78 is 0. The van der Waals surface area contributed by atoms with Gasteiger partial charge in [-0.05, 0) is 25.9 Å². The summed E-state index contributed by atoms with van der Waals surface area (Å²) in [6.07, 6.45) is -0.485. The van der Waals surface area contributed by atoms with Gasteiger partial charge in [0.2, 0.25) is 11.0 Å². The minimum absolute atomic E-state index is 0.00257. The molecule has 1 rings (SSSR count). The summed E-state index contributed by atoms with van der Waals surface area (Å²) in [6.45, 7) is 1.35. The minimum atomic E-state index is -3.03. The minimum Gasteiger partial charge on any atom is -0.480 e. The summed E-state index contributed by atoms with van der Waals surface area (Å²) in [5, 5.41) is 37.2. The Kier molecular flexibility index (Phi) is 4.04. The molecule has 1 heterocycles. The number of piperidine rings is 1. The van der Waals surface area contributed by atoms with E-state index in [1.54, 1.807) is 0 Å². The van der Waals surface area contributed by atoms with Gasteiger partial charge in [-0.25, -0.2) is 9.59 Å². The number of nitrogens with zero attached hydrogens (tertiary/aromatic N) is 1. The van der Waals surface area contributed by atoms with Gasteiger partial charge < -0.3 is 20.4 Å². The Morgan fingerprint density at radius 3 is 1.70 bits per heavy atom. The summed E-state index contributed by atoms with van der Waals surface area (Å²) in [7, 11) is 0. The van der Waals surface area contributed by atoms with Gasteiger partial charge in [0.05, 0.1) is 0 Å². The molecule has 4 N–H and O–H groups in total. The van der Waals surface area contributed by atoms with Crippen LogP contribution in [0.2, 0.25) is 0 Å². The second-order valence-corrected chi connectivity index (χ2v) is 4.52. The molecular weight excluding hydrogens is 274 g/mol. The van der Waals surface area contributed by atoms with Crippen molar-refractivity contribution in [2.45, 2.75) is 25.3 Å². The molecule has 0 spiro atoms. The van der Waals surface area contributed by atoms with Crippen molar-refractivity contribution in [3.8, 4) is 0 Å². The van der Waals surface area contributed by atoms with Crippen LogP contribution in [0.4, 0.5) is 0 Å². The first-order valence-corrected chi connectivity index (χ1v) is 5.88. The molecule has 0 radical (unpaired) electrons. The molecule has 0 bridgehead atoms. The molecule has 0 amide bonds. The Balaban J connectivity index is 3.77. The molecule has 1 aliphatic rings. The van der Waals surface area contributed by atoms with Gasteiger partial charge in [0.15, 0.2) is 0 Å². The van der Waals surface area contributed by atoms with Crippen LogP contribution in [-0.2, 0) is 19.2 Å². The highest BCUT2D eigenvalue weighted by atomic mass is 16.4. The number of hydrogen-bond acceptors (Lipinski definition) is 5. The highest BCUT2D eigenvalue weighted by Crippen LogP contribution is 2.45. The van der Waals surface area contributed by atoms with E-state index in [-0.39, 0.29) is 19.5 Å². The number of carboxylic acids is 4. The maximum absolute atomic E-state index is 11.6. The third-order valence-corrected chi connectivity index (χ3v) is 3.80. The Labute approximate surface area is 113 Å². The van der Waals surface area contributed by atoms with E-state index in [1.165, 1.54) is 6.92 Å². The summed E-state index contributed by atoms with van der Waals surface area (Å²) in [5.74, 6) is -7.91. The van der Waals surface area contributed by atoms with Crippen LogP contribution in [0, 0.1) is 5.41 Å². The van der Waals surface area contributed by atoms with Gasteiger partial charge in [-0.2, -0.15) is 0 Å². The van der Waals surface area contributed by atoms with Crippen LogP contribution in [0.3, 0.4) is 0 Å². The Bertz CT molecular complexity index is 443. The first kappa shape index (κ1) is 15.9. The second kappa shape index (κ2) is 5.08. The summed E-state index contributed by atoms with van der Waals surface area (Å²) >= 11 is 0. The van der Waals surface area contributed by atoms with Crippen molar-refractivity contribution in [2.75, 3.05) is 13.1 Å². The topological polar surface area (TPSA) is 152 Å². The van der Waals surface area contributed by atoms with Crippen LogP contribution in [0.5, 0.6) is 0 Å². The average molecular weight is 289 g/mol. The zero-order valence-electron chi connectivity index (χ0n) is 10.7. The van der Waals surface area contributed by atoms with Gasteiger partial charge in [0.25, 0.3) is 0 Å². The van der Waals surface area contributed by atoms with E-state index in [0.29, 0.717) is 0 Å². The first-order chi connectivity index (χ1) is 9.19. The van der Waals surface area contributed by atoms with Crippen molar-refractivity contribution >= 4 is 23.9 Å². The zero-order valence-corrected chi connectivity index (χ0v) is 10.7. The number of aliphatic carboxylic acids is 4. The van der Waals surface area contributed by atoms with Crippen LogP contribution < -0.4 is 0 Å². The van der Waals surface area contributed by atoms with Gasteiger partial charge in [0, 0.05) is 0 Å². The fraction of sp³-hybridized carbons (Fsp3) is 0.636. The molecule has 0 aromatic rings. The first-order valence-electron chi connectivity index (χ1n) is 5.88. The molecule has 0 unspecified atom stereocenters. The highest BCUT2D eigenvalue weighted by molar-refractivity contribution is 6.16. The van der Waals surface area contributed by atoms with Crippen LogP contribution in [-0.4, -0.2) is 67.8 Å². The maximum Gasteiger partial charge on any atom is 0.337 e. The highest BCUT2D eigenvalue weighted by Gasteiger charge is 2.75. The molecule has 0 saturated carbocycles. The molecule has 112 valence electrons. The number of carbonyl (C=O) groups is 4. The fourth-order valence-electron chi connectivity index (χ4n) is 2.89. The second-order valence-electron chi connectivity index (χ2n) is 4.52. The monoisotopic (exact) mass is 289 g/mol. The van der Waals surface area contributed by atoms with Crippen LogP contribution in [0.25, 0.3) is 0 Å². The van der Waals surface area contributed by atoms with E-state index < -0.39 is 41.3 Å². The van der Waals surface area contributed by atoms with Crippen molar-refractivity contribution < 1.29 is 39.6 Å². The van der Waals surface area contributed by atoms with Crippen molar-refractivity contribution in [1.82, 2.24) is 4.90 Å². The van der Waals surface area contributed by atoms with Gasteiger partial charge >= 0.3 is 23.9 Å². The molecule has 1 aliphatic heterocycles. The molecule has 1 fully saturated rings. The van der Waals surface area contributed by atoms with E-state index >= 15 is 0 Å². The molecular formula is C11H15NO8. The van der Waals surface area contributed by atoms with Gasteiger partial charge in [0.1, 0.15) is 0 Å². The van der Waals surface area contributed by atoms with E-state index in [0.717, 1.165) is 4.90 Å². The van der Waals surface area contributed by atoms with Gasteiger partial charge in [-0.15, -0.1) is 0 Å². The van der Waals surface area contributed by atoms with E-state index in [2.05, 4.69) is 0 Å². The summed E-state index contributed by atoms with van der Waals surface area (Å²) in [5.41, 5.74) is -5.96. The molecule has 0 aromatic heterocycles.